The van der Waals surface area contributed by atoms with Crippen LogP contribution in [0.1, 0.15) is 12.0 Å². The highest BCUT2D eigenvalue weighted by Crippen LogP contribution is 2.28. The number of nitrogens with one attached hydrogen (secondary N) is 1. The van der Waals surface area contributed by atoms with Crippen molar-refractivity contribution in [3.63, 3.8) is 0 Å². The van der Waals surface area contributed by atoms with Gasteiger partial charge in [-0.25, -0.2) is 4.79 Å². The first kappa shape index (κ1) is 13.2. The maximum Gasteiger partial charge on any atom is 0.341 e. The van der Waals surface area contributed by atoms with E-state index in [1.165, 1.54) is 7.11 Å². The van der Waals surface area contributed by atoms with Crippen molar-refractivity contribution in [2.75, 3.05) is 26.8 Å². The van der Waals surface area contributed by atoms with E-state index < -0.39 is 12.6 Å². The van der Waals surface area contributed by atoms with E-state index >= 15 is 0 Å². The fourth-order valence-corrected chi connectivity index (χ4v) is 1.80. The van der Waals surface area contributed by atoms with Crippen LogP contribution < -0.4 is 14.8 Å². The second-order valence-electron chi connectivity index (χ2n) is 4.06. The molecule has 6 heteroatoms. The number of benzene rings is 1. The molecule has 2 N–H and O–H groups in total. The minimum absolute atomic E-state index is 0.394. The Morgan fingerprint density at radius 3 is 2.95 bits per heavy atom. The summed E-state index contributed by atoms with van der Waals surface area (Å²) in [7, 11) is 1.52. The molecule has 0 aromatic heterocycles. The number of hydrogen-bond donors (Lipinski definition) is 2. The van der Waals surface area contributed by atoms with E-state index in [0.29, 0.717) is 11.5 Å². The van der Waals surface area contributed by atoms with Gasteiger partial charge in [-0.3, -0.25) is 4.99 Å². The minimum atomic E-state index is -1.02. The average Bonchev–Trinajstić information content (AvgIpc) is 2.45. The normalized spacial score (nSPS) is 14.3. The van der Waals surface area contributed by atoms with E-state index in [1.54, 1.807) is 12.1 Å². The first-order valence-electron chi connectivity index (χ1n) is 6.02. The Morgan fingerprint density at radius 2 is 2.32 bits per heavy atom. The number of carboxylic acid groups (broad SMARTS) is 1. The molecule has 0 spiro atoms. The molecule has 0 fully saturated rings. The van der Waals surface area contributed by atoms with Crippen molar-refractivity contribution in [1.82, 2.24) is 5.32 Å². The first-order valence-corrected chi connectivity index (χ1v) is 6.02. The Labute approximate surface area is 111 Å². The summed E-state index contributed by atoms with van der Waals surface area (Å²) in [6.45, 7) is 1.31. The highest BCUT2D eigenvalue weighted by atomic mass is 16.5. The van der Waals surface area contributed by atoms with Gasteiger partial charge in [0.2, 0.25) is 0 Å². The summed E-state index contributed by atoms with van der Waals surface area (Å²) in [4.78, 5) is 14.9. The predicted molar refractivity (Wildman–Crippen MR) is 70.1 cm³/mol. The van der Waals surface area contributed by atoms with E-state index in [4.69, 9.17) is 14.6 Å². The minimum Gasteiger partial charge on any atom is -0.493 e. The summed E-state index contributed by atoms with van der Waals surface area (Å²) < 4.78 is 10.4. The number of carbonyl (C=O) groups is 1. The molecule has 1 aromatic carbocycles. The highest BCUT2D eigenvalue weighted by Gasteiger charge is 2.12. The zero-order valence-corrected chi connectivity index (χ0v) is 10.7. The molecule has 1 heterocycles. The van der Waals surface area contributed by atoms with Crippen LogP contribution in [0.3, 0.4) is 0 Å². The largest absolute Gasteiger partial charge is 0.493 e. The molecule has 0 aliphatic carbocycles. The number of nitrogens with zero attached hydrogens (tertiary/aromatic N) is 1. The number of carboxylic acids is 1. The second kappa shape index (κ2) is 6.08. The van der Waals surface area contributed by atoms with Gasteiger partial charge in [0.05, 0.1) is 7.11 Å². The van der Waals surface area contributed by atoms with Gasteiger partial charge < -0.3 is 19.9 Å². The maximum atomic E-state index is 10.5. The van der Waals surface area contributed by atoms with Gasteiger partial charge in [0.25, 0.3) is 0 Å². The first-order chi connectivity index (χ1) is 9.20. The molecular weight excluding hydrogens is 248 g/mol. The molecule has 0 amide bonds. The van der Waals surface area contributed by atoms with Gasteiger partial charge in [-0.15, -0.1) is 0 Å². The van der Waals surface area contributed by atoms with Crippen LogP contribution in [0.4, 0.5) is 0 Å². The molecule has 0 bridgehead atoms. The standard InChI is InChI=1S/C13H16N2O4/c1-18-11-7-9(13-14-5-2-6-15-13)3-4-10(11)19-8-12(16)17/h3-4,7H,2,5-6,8H2,1H3,(H,14,15)(H,16,17). The van der Waals surface area contributed by atoms with Gasteiger partial charge in [0, 0.05) is 18.7 Å². The topological polar surface area (TPSA) is 80.1 Å². The van der Waals surface area contributed by atoms with Gasteiger partial charge in [0.1, 0.15) is 5.84 Å². The van der Waals surface area contributed by atoms with E-state index in [2.05, 4.69) is 10.3 Å². The van der Waals surface area contributed by atoms with Crippen LogP contribution in [0.5, 0.6) is 11.5 Å². The molecule has 1 aliphatic heterocycles. The summed E-state index contributed by atoms with van der Waals surface area (Å²) in [5, 5.41) is 11.8. The fourth-order valence-electron chi connectivity index (χ4n) is 1.80. The van der Waals surface area contributed by atoms with E-state index in [-0.39, 0.29) is 0 Å². The average molecular weight is 264 g/mol. The summed E-state index contributed by atoms with van der Waals surface area (Å²) >= 11 is 0. The summed E-state index contributed by atoms with van der Waals surface area (Å²) in [6.07, 6.45) is 1.03. The van der Waals surface area contributed by atoms with Gasteiger partial charge in [-0.2, -0.15) is 0 Å². The van der Waals surface area contributed by atoms with Crippen molar-refractivity contribution in [3.8, 4) is 11.5 Å². The van der Waals surface area contributed by atoms with Crippen molar-refractivity contribution >= 4 is 11.8 Å². The van der Waals surface area contributed by atoms with Crippen LogP contribution in [0.2, 0.25) is 0 Å². The molecule has 19 heavy (non-hydrogen) atoms. The number of aliphatic imine (C=N–C) groups is 1. The quantitative estimate of drug-likeness (QED) is 0.826. The number of ether oxygens (including phenoxy) is 2. The van der Waals surface area contributed by atoms with Gasteiger partial charge >= 0.3 is 5.97 Å². The lowest BCUT2D eigenvalue weighted by atomic mass is 10.1. The van der Waals surface area contributed by atoms with Crippen LogP contribution in [-0.4, -0.2) is 43.7 Å². The van der Waals surface area contributed by atoms with Crippen molar-refractivity contribution in [3.05, 3.63) is 23.8 Å². The summed E-state index contributed by atoms with van der Waals surface area (Å²) in [5.74, 6) is 0.706. The molecule has 6 nitrogen and oxygen atoms in total. The van der Waals surface area contributed by atoms with Crippen LogP contribution in [0.25, 0.3) is 0 Å². The lowest BCUT2D eigenvalue weighted by Crippen LogP contribution is -2.30. The number of hydrogen-bond acceptors (Lipinski definition) is 5. The highest BCUT2D eigenvalue weighted by molar-refractivity contribution is 5.99. The molecule has 0 radical (unpaired) electrons. The van der Waals surface area contributed by atoms with Crippen LogP contribution >= 0.6 is 0 Å². The molecule has 102 valence electrons. The number of aliphatic carboxylic acids is 1. The van der Waals surface area contributed by atoms with Gasteiger partial charge in [0.15, 0.2) is 18.1 Å². The fraction of sp³-hybridized carbons (Fsp3) is 0.385. The SMILES string of the molecule is COc1cc(C2=NCCCN2)ccc1OCC(=O)O. The second-order valence-corrected chi connectivity index (χ2v) is 4.06. The monoisotopic (exact) mass is 264 g/mol. The number of amidine groups is 1. The van der Waals surface area contributed by atoms with Crippen molar-refractivity contribution in [2.45, 2.75) is 6.42 Å². The molecule has 2 rings (SSSR count). The van der Waals surface area contributed by atoms with Crippen LogP contribution in [0.15, 0.2) is 23.2 Å². The smallest absolute Gasteiger partial charge is 0.341 e. The van der Waals surface area contributed by atoms with Gasteiger partial charge in [-0.1, -0.05) is 0 Å². The lowest BCUT2D eigenvalue weighted by molar-refractivity contribution is -0.139. The Morgan fingerprint density at radius 1 is 1.47 bits per heavy atom. The third kappa shape index (κ3) is 3.37. The zero-order chi connectivity index (χ0) is 13.7. The number of rotatable bonds is 5. The Balaban J connectivity index is 2.20. The summed E-state index contributed by atoms with van der Waals surface area (Å²) in [6, 6.07) is 5.31. The molecule has 1 aliphatic rings. The van der Waals surface area contributed by atoms with Crippen molar-refractivity contribution in [2.24, 2.45) is 4.99 Å². The molecule has 0 unspecified atom stereocenters. The Hall–Kier alpha value is -2.24. The lowest BCUT2D eigenvalue weighted by Gasteiger charge is -2.16. The summed E-state index contributed by atoms with van der Waals surface area (Å²) in [5.41, 5.74) is 0.902. The van der Waals surface area contributed by atoms with E-state index in [0.717, 1.165) is 30.9 Å². The van der Waals surface area contributed by atoms with Crippen molar-refractivity contribution < 1.29 is 19.4 Å². The van der Waals surface area contributed by atoms with Crippen LogP contribution in [0, 0.1) is 0 Å². The molecule has 0 saturated carbocycles. The molecule has 0 atom stereocenters. The maximum absolute atomic E-state index is 10.5. The molecule has 0 saturated heterocycles. The molecular formula is C13H16N2O4. The Bertz CT molecular complexity index is 499. The molecule has 1 aromatic rings. The van der Waals surface area contributed by atoms with Crippen molar-refractivity contribution in [1.29, 1.82) is 0 Å². The zero-order valence-electron chi connectivity index (χ0n) is 10.7. The Kier molecular flexibility index (Phi) is 4.22. The number of methoxy groups -OCH3 is 1. The predicted octanol–water partition coefficient (Wildman–Crippen LogP) is 0.898. The third-order valence-electron chi connectivity index (χ3n) is 2.69. The van der Waals surface area contributed by atoms with Crippen LogP contribution in [-0.2, 0) is 4.79 Å². The third-order valence-corrected chi connectivity index (χ3v) is 2.69. The van der Waals surface area contributed by atoms with E-state index in [9.17, 15) is 4.79 Å². The van der Waals surface area contributed by atoms with E-state index in [1.807, 2.05) is 6.07 Å². The van der Waals surface area contributed by atoms with Gasteiger partial charge in [-0.05, 0) is 24.6 Å².